The van der Waals surface area contributed by atoms with E-state index in [4.69, 9.17) is 0 Å². The lowest BCUT2D eigenvalue weighted by Gasteiger charge is -2.26. The molecule has 0 aliphatic heterocycles. The molecule has 118 valence electrons. The summed E-state index contributed by atoms with van der Waals surface area (Å²) in [4.78, 5) is 17.3. The van der Waals surface area contributed by atoms with Crippen LogP contribution in [0.5, 0.6) is 0 Å². The van der Waals surface area contributed by atoms with Gasteiger partial charge in [-0.15, -0.1) is 11.3 Å². The SMILES string of the molecule is CC(c1cccs1)N(C)CC(=O)N(C)Cc1ccc(F)cc1. The molecule has 1 amide bonds. The zero-order chi connectivity index (χ0) is 16.1. The van der Waals surface area contributed by atoms with Gasteiger partial charge in [0.05, 0.1) is 6.54 Å². The van der Waals surface area contributed by atoms with E-state index in [0.29, 0.717) is 13.1 Å². The van der Waals surface area contributed by atoms with Crippen molar-refractivity contribution in [3.05, 3.63) is 58.0 Å². The number of amides is 1. The monoisotopic (exact) mass is 320 g/mol. The van der Waals surface area contributed by atoms with Crippen molar-refractivity contribution in [3.63, 3.8) is 0 Å². The lowest BCUT2D eigenvalue weighted by molar-refractivity contribution is -0.131. The van der Waals surface area contributed by atoms with Crippen molar-refractivity contribution in [2.75, 3.05) is 20.6 Å². The predicted octanol–water partition coefficient (Wildman–Crippen LogP) is 3.54. The van der Waals surface area contributed by atoms with Gasteiger partial charge in [0.2, 0.25) is 5.91 Å². The number of nitrogens with zero attached hydrogens (tertiary/aromatic N) is 2. The minimum absolute atomic E-state index is 0.0511. The molecule has 1 aromatic carbocycles. The molecule has 5 heteroatoms. The van der Waals surface area contributed by atoms with Crippen LogP contribution in [-0.4, -0.2) is 36.3 Å². The maximum atomic E-state index is 12.9. The van der Waals surface area contributed by atoms with Crippen LogP contribution in [0.3, 0.4) is 0 Å². The number of likely N-dealkylation sites (N-methyl/N-ethyl adjacent to an activating group) is 2. The Morgan fingerprint density at radius 2 is 1.91 bits per heavy atom. The van der Waals surface area contributed by atoms with Gasteiger partial charge in [-0.3, -0.25) is 9.69 Å². The summed E-state index contributed by atoms with van der Waals surface area (Å²) in [6.45, 7) is 2.94. The van der Waals surface area contributed by atoms with Crippen molar-refractivity contribution in [1.29, 1.82) is 0 Å². The van der Waals surface area contributed by atoms with E-state index in [9.17, 15) is 9.18 Å². The molecule has 2 aromatic rings. The zero-order valence-corrected chi connectivity index (χ0v) is 13.9. The van der Waals surface area contributed by atoms with Gasteiger partial charge in [0, 0.05) is 24.5 Å². The van der Waals surface area contributed by atoms with Gasteiger partial charge >= 0.3 is 0 Å². The average molecular weight is 320 g/mol. The van der Waals surface area contributed by atoms with E-state index in [2.05, 4.69) is 13.0 Å². The average Bonchev–Trinajstić information content (AvgIpc) is 3.02. The highest BCUT2D eigenvalue weighted by molar-refractivity contribution is 7.10. The Hall–Kier alpha value is -1.72. The lowest BCUT2D eigenvalue weighted by Crippen LogP contribution is -2.37. The van der Waals surface area contributed by atoms with Gasteiger partial charge in [-0.25, -0.2) is 4.39 Å². The molecule has 1 atom stereocenters. The first kappa shape index (κ1) is 16.6. The Bertz CT molecular complexity index is 598. The molecule has 1 heterocycles. The quantitative estimate of drug-likeness (QED) is 0.813. The van der Waals surface area contributed by atoms with Crippen LogP contribution in [0, 0.1) is 5.82 Å². The van der Waals surface area contributed by atoms with Gasteiger partial charge in [-0.1, -0.05) is 18.2 Å². The molecule has 0 aliphatic rings. The highest BCUT2D eigenvalue weighted by Gasteiger charge is 2.18. The maximum absolute atomic E-state index is 12.9. The van der Waals surface area contributed by atoms with Crippen molar-refractivity contribution in [1.82, 2.24) is 9.80 Å². The largest absolute Gasteiger partial charge is 0.340 e. The molecule has 0 saturated heterocycles. The Labute approximate surface area is 135 Å². The first-order chi connectivity index (χ1) is 10.5. The Balaban J connectivity index is 1.89. The number of carbonyl (C=O) groups is 1. The first-order valence-electron chi connectivity index (χ1n) is 7.19. The van der Waals surface area contributed by atoms with Crippen molar-refractivity contribution < 1.29 is 9.18 Å². The van der Waals surface area contributed by atoms with E-state index >= 15 is 0 Å². The van der Waals surface area contributed by atoms with Crippen molar-refractivity contribution in [3.8, 4) is 0 Å². The number of hydrogen-bond acceptors (Lipinski definition) is 3. The van der Waals surface area contributed by atoms with E-state index in [1.54, 1.807) is 35.4 Å². The van der Waals surface area contributed by atoms with Gasteiger partial charge in [-0.2, -0.15) is 0 Å². The predicted molar refractivity (Wildman–Crippen MR) is 88.2 cm³/mol. The molecule has 1 aromatic heterocycles. The van der Waals surface area contributed by atoms with Crippen LogP contribution in [-0.2, 0) is 11.3 Å². The highest BCUT2D eigenvalue weighted by Crippen LogP contribution is 2.23. The van der Waals surface area contributed by atoms with Crippen molar-refractivity contribution in [2.45, 2.75) is 19.5 Å². The summed E-state index contributed by atoms with van der Waals surface area (Å²) in [5.74, 6) is -0.211. The summed E-state index contributed by atoms with van der Waals surface area (Å²) in [5.41, 5.74) is 0.922. The molecule has 22 heavy (non-hydrogen) atoms. The summed E-state index contributed by atoms with van der Waals surface area (Å²) in [5, 5.41) is 2.04. The second-order valence-corrected chi connectivity index (χ2v) is 6.46. The minimum atomic E-state index is -0.262. The molecular formula is C17H21FN2OS. The molecule has 3 nitrogen and oxygen atoms in total. The third kappa shape index (κ3) is 4.39. The van der Waals surface area contributed by atoms with E-state index in [-0.39, 0.29) is 17.8 Å². The normalized spacial score (nSPS) is 12.4. The molecule has 0 radical (unpaired) electrons. The van der Waals surface area contributed by atoms with Crippen LogP contribution < -0.4 is 0 Å². The van der Waals surface area contributed by atoms with Gasteiger partial charge in [0.1, 0.15) is 5.82 Å². The number of carbonyl (C=O) groups excluding carboxylic acids is 1. The topological polar surface area (TPSA) is 23.6 Å². The molecule has 0 fully saturated rings. The van der Waals surface area contributed by atoms with Crippen molar-refractivity contribution >= 4 is 17.2 Å². The van der Waals surface area contributed by atoms with Crippen molar-refractivity contribution in [2.24, 2.45) is 0 Å². The number of halogens is 1. The molecule has 0 saturated carbocycles. The van der Waals surface area contributed by atoms with E-state index in [1.165, 1.54) is 17.0 Å². The second kappa shape index (κ2) is 7.51. The molecule has 0 aliphatic carbocycles. The summed E-state index contributed by atoms with van der Waals surface area (Å²) in [6.07, 6.45) is 0. The molecule has 0 spiro atoms. The molecule has 0 bridgehead atoms. The third-order valence-electron chi connectivity index (χ3n) is 3.76. The first-order valence-corrected chi connectivity index (χ1v) is 8.07. The Kier molecular flexibility index (Phi) is 5.69. The minimum Gasteiger partial charge on any atom is -0.340 e. The zero-order valence-electron chi connectivity index (χ0n) is 13.1. The Morgan fingerprint density at radius 1 is 1.23 bits per heavy atom. The van der Waals surface area contributed by atoms with Crippen LogP contribution >= 0.6 is 11.3 Å². The van der Waals surface area contributed by atoms with Crippen LogP contribution in [0.4, 0.5) is 4.39 Å². The summed E-state index contributed by atoms with van der Waals surface area (Å²) in [6, 6.07) is 10.6. The second-order valence-electron chi connectivity index (χ2n) is 5.48. The third-order valence-corrected chi connectivity index (χ3v) is 4.80. The fourth-order valence-corrected chi connectivity index (χ4v) is 3.02. The van der Waals surface area contributed by atoms with Crippen LogP contribution in [0.1, 0.15) is 23.4 Å². The lowest BCUT2D eigenvalue weighted by atomic mass is 10.2. The molecule has 1 unspecified atom stereocenters. The Morgan fingerprint density at radius 3 is 2.50 bits per heavy atom. The van der Waals surface area contributed by atoms with Gasteiger partial charge < -0.3 is 4.90 Å². The number of benzene rings is 1. The van der Waals surface area contributed by atoms with Crippen LogP contribution in [0.25, 0.3) is 0 Å². The standard InChI is InChI=1S/C17H21FN2OS/c1-13(16-5-4-10-22-16)19(2)12-17(21)20(3)11-14-6-8-15(18)9-7-14/h4-10,13H,11-12H2,1-3H3. The van der Waals surface area contributed by atoms with E-state index in [1.807, 2.05) is 23.4 Å². The molecule has 2 rings (SSSR count). The maximum Gasteiger partial charge on any atom is 0.236 e. The van der Waals surface area contributed by atoms with E-state index in [0.717, 1.165) is 5.56 Å². The highest BCUT2D eigenvalue weighted by atomic mass is 32.1. The van der Waals surface area contributed by atoms with Crippen LogP contribution in [0.15, 0.2) is 41.8 Å². The molecule has 0 N–H and O–H groups in total. The van der Waals surface area contributed by atoms with E-state index < -0.39 is 0 Å². The summed E-state index contributed by atoms with van der Waals surface area (Å²) >= 11 is 1.70. The summed E-state index contributed by atoms with van der Waals surface area (Å²) in [7, 11) is 3.73. The smallest absolute Gasteiger partial charge is 0.236 e. The summed E-state index contributed by atoms with van der Waals surface area (Å²) < 4.78 is 12.9. The number of thiophene rings is 1. The van der Waals surface area contributed by atoms with Gasteiger partial charge in [0.15, 0.2) is 0 Å². The van der Waals surface area contributed by atoms with Crippen LogP contribution in [0.2, 0.25) is 0 Å². The molecular weight excluding hydrogens is 299 g/mol. The number of hydrogen-bond donors (Lipinski definition) is 0. The fraction of sp³-hybridized carbons (Fsp3) is 0.353. The fourth-order valence-electron chi connectivity index (χ4n) is 2.17. The number of rotatable bonds is 6. The van der Waals surface area contributed by atoms with Gasteiger partial charge in [-0.05, 0) is 43.1 Å². The van der Waals surface area contributed by atoms with Gasteiger partial charge in [0.25, 0.3) is 0 Å².